The van der Waals surface area contributed by atoms with Crippen LogP contribution in [0.15, 0.2) is 18.2 Å². The fourth-order valence-electron chi connectivity index (χ4n) is 1.91. The van der Waals surface area contributed by atoms with Crippen LogP contribution in [0.4, 0.5) is 0 Å². The van der Waals surface area contributed by atoms with Crippen LogP contribution in [0, 0.1) is 30.1 Å². The third-order valence-corrected chi connectivity index (χ3v) is 3.10. The summed E-state index contributed by atoms with van der Waals surface area (Å²) < 4.78 is 0. The van der Waals surface area contributed by atoms with Gasteiger partial charge in [0.25, 0.3) is 5.91 Å². The van der Waals surface area contributed by atoms with Crippen LogP contribution < -0.4 is 0 Å². The predicted molar refractivity (Wildman–Crippen MR) is 81.6 cm³/mol. The quantitative estimate of drug-likeness (QED) is 0.842. The lowest BCUT2D eigenvalue weighted by Gasteiger charge is -2.20. The Morgan fingerprint density at radius 1 is 1.38 bits per heavy atom. The van der Waals surface area contributed by atoms with Crippen molar-refractivity contribution in [2.75, 3.05) is 19.7 Å². The maximum atomic E-state index is 12.5. The monoisotopic (exact) mass is 284 g/mol. The maximum Gasteiger partial charge on any atom is 0.254 e. The van der Waals surface area contributed by atoms with Crippen LogP contribution in [0.1, 0.15) is 41.3 Å². The van der Waals surface area contributed by atoms with Gasteiger partial charge in [-0.3, -0.25) is 4.79 Å². The normalized spacial score (nSPS) is 9.43. The summed E-state index contributed by atoms with van der Waals surface area (Å²) >= 11 is 0. The topological polar surface area (TPSA) is 64.3 Å². The van der Waals surface area contributed by atoms with E-state index in [1.807, 2.05) is 26.0 Å². The number of carbonyl (C=O) groups is 1. The van der Waals surface area contributed by atoms with E-state index in [1.165, 1.54) is 0 Å². The number of rotatable bonds is 5. The van der Waals surface area contributed by atoms with Gasteiger partial charge in [-0.1, -0.05) is 17.9 Å². The lowest BCUT2D eigenvalue weighted by Crippen LogP contribution is -2.32. The molecule has 21 heavy (non-hydrogen) atoms. The molecule has 0 aliphatic heterocycles. The van der Waals surface area contributed by atoms with Gasteiger partial charge in [-0.2, -0.15) is 5.26 Å². The van der Waals surface area contributed by atoms with Gasteiger partial charge in [0.15, 0.2) is 0 Å². The number of amides is 1. The van der Waals surface area contributed by atoms with Crippen molar-refractivity contribution in [2.45, 2.75) is 26.7 Å². The van der Waals surface area contributed by atoms with Gasteiger partial charge in [0.05, 0.1) is 19.1 Å². The lowest BCUT2D eigenvalue weighted by molar-refractivity contribution is 0.0767. The summed E-state index contributed by atoms with van der Waals surface area (Å²) in [5.41, 5.74) is 2.27. The van der Waals surface area contributed by atoms with Crippen LogP contribution in [0.3, 0.4) is 0 Å². The molecule has 0 heterocycles. The van der Waals surface area contributed by atoms with Gasteiger partial charge in [0.1, 0.15) is 0 Å². The second-order valence-corrected chi connectivity index (χ2v) is 4.60. The average Bonchev–Trinajstić information content (AvgIpc) is 2.49. The standard InChI is InChI=1S/C17H20N2O2/c1-3-19(11-6-10-18)17(21)16-13-15(7-4-5-12-20)9-8-14(16)2/h8-9,13,20H,3,5-6,11-12H2,1-2H3. The number of aliphatic hydroxyl groups excluding tert-OH is 1. The minimum absolute atomic E-state index is 0.0302. The Balaban J connectivity index is 3.00. The Bertz CT molecular complexity index is 591. The van der Waals surface area contributed by atoms with E-state index in [1.54, 1.807) is 11.0 Å². The van der Waals surface area contributed by atoms with Crippen molar-refractivity contribution in [1.82, 2.24) is 4.90 Å². The van der Waals surface area contributed by atoms with Gasteiger partial charge in [-0.25, -0.2) is 0 Å². The Morgan fingerprint density at radius 3 is 2.76 bits per heavy atom. The maximum absolute atomic E-state index is 12.5. The number of aryl methyl sites for hydroxylation is 1. The first-order chi connectivity index (χ1) is 10.1. The molecule has 0 atom stereocenters. The summed E-state index contributed by atoms with van der Waals surface area (Å²) in [6.07, 6.45) is 0.745. The number of aliphatic hydroxyl groups is 1. The van der Waals surface area contributed by atoms with E-state index in [4.69, 9.17) is 10.4 Å². The van der Waals surface area contributed by atoms with Crippen molar-refractivity contribution in [3.8, 4) is 17.9 Å². The van der Waals surface area contributed by atoms with Crippen molar-refractivity contribution >= 4 is 5.91 Å². The van der Waals surface area contributed by atoms with E-state index >= 15 is 0 Å². The molecular formula is C17H20N2O2. The van der Waals surface area contributed by atoms with Gasteiger partial charge >= 0.3 is 0 Å². The molecule has 1 rings (SSSR count). The van der Waals surface area contributed by atoms with Crippen LogP contribution >= 0.6 is 0 Å². The van der Waals surface area contributed by atoms with Crippen LogP contribution in [0.2, 0.25) is 0 Å². The van der Waals surface area contributed by atoms with Gasteiger partial charge < -0.3 is 10.0 Å². The molecule has 0 aliphatic carbocycles. The number of hydrogen-bond donors (Lipinski definition) is 1. The van der Waals surface area contributed by atoms with Crippen molar-refractivity contribution in [3.05, 3.63) is 34.9 Å². The summed E-state index contributed by atoms with van der Waals surface area (Å²) in [5.74, 6) is 5.71. The van der Waals surface area contributed by atoms with Crippen LogP contribution in [-0.2, 0) is 0 Å². The molecule has 0 spiro atoms. The minimum Gasteiger partial charge on any atom is -0.395 e. The minimum atomic E-state index is -0.0731. The van der Waals surface area contributed by atoms with E-state index in [0.717, 1.165) is 11.1 Å². The Kier molecular flexibility index (Phi) is 7.01. The first-order valence-corrected chi connectivity index (χ1v) is 7.00. The van der Waals surface area contributed by atoms with Crippen molar-refractivity contribution in [1.29, 1.82) is 5.26 Å². The molecule has 1 amide bonds. The second-order valence-electron chi connectivity index (χ2n) is 4.60. The molecular weight excluding hydrogens is 264 g/mol. The zero-order valence-electron chi connectivity index (χ0n) is 12.5. The highest BCUT2D eigenvalue weighted by atomic mass is 16.2. The van der Waals surface area contributed by atoms with E-state index < -0.39 is 0 Å². The molecule has 0 aliphatic rings. The third kappa shape index (κ3) is 4.95. The molecule has 0 radical (unpaired) electrons. The first-order valence-electron chi connectivity index (χ1n) is 7.00. The first kappa shape index (κ1) is 16.8. The van der Waals surface area contributed by atoms with E-state index in [9.17, 15) is 4.79 Å². The van der Waals surface area contributed by atoms with Gasteiger partial charge in [-0.05, 0) is 31.5 Å². The predicted octanol–water partition coefficient (Wildman–Crippen LogP) is 2.10. The zero-order chi connectivity index (χ0) is 15.7. The van der Waals surface area contributed by atoms with E-state index in [-0.39, 0.29) is 12.5 Å². The highest BCUT2D eigenvalue weighted by Crippen LogP contribution is 2.14. The van der Waals surface area contributed by atoms with Crippen LogP contribution in [0.25, 0.3) is 0 Å². The number of carbonyl (C=O) groups excluding carboxylic acids is 1. The van der Waals surface area contributed by atoms with Crippen LogP contribution in [0.5, 0.6) is 0 Å². The number of nitriles is 1. The highest BCUT2D eigenvalue weighted by molar-refractivity contribution is 5.96. The Hall–Kier alpha value is -2.30. The summed E-state index contributed by atoms with van der Waals surface area (Å²) in [4.78, 5) is 14.2. The fraction of sp³-hybridized carbons (Fsp3) is 0.412. The molecule has 0 fully saturated rings. The summed E-state index contributed by atoms with van der Waals surface area (Å²) in [6.45, 7) is 4.82. The van der Waals surface area contributed by atoms with Gasteiger partial charge in [-0.15, -0.1) is 0 Å². The van der Waals surface area contributed by atoms with Gasteiger partial charge in [0.2, 0.25) is 0 Å². The summed E-state index contributed by atoms with van der Waals surface area (Å²) in [5, 5.41) is 17.4. The Labute approximate surface area is 126 Å². The summed E-state index contributed by atoms with van der Waals surface area (Å²) in [7, 11) is 0. The molecule has 110 valence electrons. The van der Waals surface area contributed by atoms with Crippen molar-refractivity contribution in [2.24, 2.45) is 0 Å². The molecule has 4 heteroatoms. The van der Waals surface area contributed by atoms with E-state index in [0.29, 0.717) is 31.5 Å². The third-order valence-electron chi connectivity index (χ3n) is 3.10. The Morgan fingerprint density at radius 2 is 2.14 bits per heavy atom. The molecule has 4 nitrogen and oxygen atoms in total. The smallest absolute Gasteiger partial charge is 0.254 e. The molecule has 0 aromatic heterocycles. The zero-order valence-corrected chi connectivity index (χ0v) is 12.5. The highest BCUT2D eigenvalue weighted by Gasteiger charge is 2.16. The van der Waals surface area contributed by atoms with Crippen molar-refractivity contribution < 1.29 is 9.90 Å². The van der Waals surface area contributed by atoms with Gasteiger partial charge in [0, 0.05) is 30.6 Å². The average molecular weight is 284 g/mol. The molecule has 0 bridgehead atoms. The molecule has 1 aromatic carbocycles. The largest absolute Gasteiger partial charge is 0.395 e. The van der Waals surface area contributed by atoms with Crippen molar-refractivity contribution in [3.63, 3.8) is 0 Å². The molecule has 0 saturated carbocycles. The molecule has 1 N–H and O–H groups in total. The fourth-order valence-corrected chi connectivity index (χ4v) is 1.91. The lowest BCUT2D eigenvalue weighted by atomic mass is 10.0. The number of hydrogen-bond acceptors (Lipinski definition) is 3. The second kappa shape index (κ2) is 8.79. The SMILES string of the molecule is CCN(CCC#N)C(=O)c1cc(C#CCCO)ccc1C. The van der Waals surface area contributed by atoms with Crippen LogP contribution in [-0.4, -0.2) is 35.6 Å². The van der Waals surface area contributed by atoms with E-state index in [2.05, 4.69) is 17.9 Å². The molecule has 1 aromatic rings. The number of benzene rings is 1. The molecule has 0 unspecified atom stereocenters. The number of nitrogens with zero attached hydrogens (tertiary/aromatic N) is 2. The molecule has 0 saturated heterocycles. The summed E-state index contributed by atoms with van der Waals surface area (Å²) in [6, 6.07) is 7.57.